The molecule has 0 radical (unpaired) electrons. The van der Waals surface area contributed by atoms with Gasteiger partial charge in [-0.3, -0.25) is 4.79 Å². The number of carbonyl (C=O) groups is 1. The van der Waals surface area contributed by atoms with E-state index in [2.05, 4.69) is 5.32 Å². The van der Waals surface area contributed by atoms with Crippen LogP contribution in [0.15, 0.2) is 41.8 Å². The predicted octanol–water partition coefficient (Wildman–Crippen LogP) is 2.75. The summed E-state index contributed by atoms with van der Waals surface area (Å²) in [5.41, 5.74) is 7.29. The van der Waals surface area contributed by atoms with E-state index in [1.807, 2.05) is 48.7 Å². The fraction of sp³-hybridized carbons (Fsp3) is 0.214. The summed E-state index contributed by atoms with van der Waals surface area (Å²) in [5, 5.41) is 5.00. The van der Waals surface area contributed by atoms with Crippen LogP contribution in [-0.4, -0.2) is 5.91 Å². The monoisotopic (exact) mass is 260 g/mol. The van der Waals surface area contributed by atoms with Gasteiger partial charge < -0.3 is 11.1 Å². The fourth-order valence-electron chi connectivity index (χ4n) is 1.72. The highest BCUT2D eigenvalue weighted by molar-refractivity contribution is 7.10. The zero-order chi connectivity index (χ0) is 13.0. The van der Waals surface area contributed by atoms with Gasteiger partial charge in [0.25, 0.3) is 0 Å². The summed E-state index contributed by atoms with van der Waals surface area (Å²) in [5.74, 6) is 0.0284. The molecule has 1 aromatic carbocycles. The number of carbonyl (C=O) groups excluding carboxylic acids is 1. The normalized spacial score (nSPS) is 12.1. The smallest absolute Gasteiger partial charge is 0.224 e. The lowest BCUT2D eigenvalue weighted by molar-refractivity contribution is -0.121. The van der Waals surface area contributed by atoms with Gasteiger partial charge in [0.1, 0.15) is 0 Å². The number of nitrogen functional groups attached to an aromatic ring is 1. The van der Waals surface area contributed by atoms with Gasteiger partial charge in [0, 0.05) is 10.6 Å². The second-order valence-electron chi connectivity index (χ2n) is 4.22. The lowest BCUT2D eigenvalue weighted by Gasteiger charge is -2.12. The summed E-state index contributed by atoms with van der Waals surface area (Å²) < 4.78 is 0. The summed E-state index contributed by atoms with van der Waals surface area (Å²) in [6.07, 6.45) is 0.385. The maximum atomic E-state index is 11.9. The van der Waals surface area contributed by atoms with Gasteiger partial charge in [0.05, 0.1) is 12.5 Å². The Bertz CT molecular complexity index is 505. The van der Waals surface area contributed by atoms with Crippen LogP contribution in [0.1, 0.15) is 23.4 Å². The van der Waals surface area contributed by atoms with E-state index in [1.54, 1.807) is 11.3 Å². The first-order valence-electron chi connectivity index (χ1n) is 5.82. The van der Waals surface area contributed by atoms with Crippen LogP contribution in [0, 0.1) is 0 Å². The van der Waals surface area contributed by atoms with Gasteiger partial charge in [-0.05, 0) is 36.1 Å². The third kappa shape index (κ3) is 3.34. The maximum absolute atomic E-state index is 11.9. The van der Waals surface area contributed by atoms with Crippen molar-refractivity contribution in [3.05, 3.63) is 52.2 Å². The van der Waals surface area contributed by atoms with Gasteiger partial charge in [-0.2, -0.15) is 0 Å². The summed E-state index contributed by atoms with van der Waals surface area (Å²) in [7, 11) is 0. The SMILES string of the molecule is CC(NC(=O)Cc1ccc(N)cc1)c1cccs1. The number of thiophene rings is 1. The molecule has 1 amide bonds. The van der Waals surface area contributed by atoms with Gasteiger partial charge in [-0.15, -0.1) is 11.3 Å². The largest absolute Gasteiger partial charge is 0.399 e. The molecule has 1 heterocycles. The highest BCUT2D eigenvalue weighted by atomic mass is 32.1. The lowest BCUT2D eigenvalue weighted by Crippen LogP contribution is -2.27. The molecule has 0 saturated carbocycles. The lowest BCUT2D eigenvalue weighted by atomic mass is 10.1. The van der Waals surface area contributed by atoms with Gasteiger partial charge in [0.2, 0.25) is 5.91 Å². The molecule has 0 spiro atoms. The van der Waals surface area contributed by atoms with Crippen molar-refractivity contribution < 1.29 is 4.79 Å². The molecule has 0 aliphatic heterocycles. The third-order valence-electron chi connectivity index (χ3n) is 2.69. The Balaban J connectivity index is 1.91. The fourth-order valence-corrected chi connectivity index (χ4v) is 2.46. The van der Waals surface area contributed by atoms with E-state index in [9.17, 15) is 4.79 Å². The third-order valence-corrected chi connectivity index (χ3v) is 3.75. The van der Waals surface area contributed by atoms with Gasteiger partial charge in [-0.1, -0.05) is 18.2 Å². The average molecular weight is 260 g/mol. The second-order valence-corrected chi connectivity index (χ2v) is 5.20. The van der Waals surface area contributed by atoms with Crippen molar-refractivity contribution in [1.29, 1.82) is 0 Å². The minimum absolute atomic E-state index is 0.0284. The number of hydrogen-bond donors (Lipinski definition) is 2. The summed E-state index contributed by atoms with van der Waals surface area (Å²) in [6.45, 7) is 1.99. The quantitative estimate of drug-likeness (QED) is 0.830. The minimum Gasteiger partial charge on any atom is -0.399 e. The molecule has 0 aliphatic rings. The topological polar surface area (TPSA) is 55.1 Å². The number of hydrogen-bond acceptors (Lipinski definition) is 3. The van der Waals surface area contributed by atoms with Gasteiger partial charge in [0.15, 0.2) is 0 Å². The van der Waals surface area contributed by atoms with E-state index in [4.69, 9.17) is 5.73 Å². The first-order chi connectivity index (χ1) is 8.65. The van der Waals surface area contributed by atoms with Crippen molar-refractivity contribution in [3.8, 4) is 0 Å². The van der Waals surface area contributed by atoms with Crippen LogP contribution in [0.4, 0.5) is 5.69 Å². The van der Waals surface area contributed by atoms with E-state index in [0.29, 0.717) is 12.1 Å². The molecule has 1 atom stereocenters. The molecule has 2 aromatic rings. The van der Waals surface area contributed by atoms with E-state index in [1.165, 1.54) is 4.88 Å². The number of nitrogens with one attached hydrogen (secondary N) is 1. The van der Waals surface area contributed by atoms with Crippen LogP contribution >= 0.6 is 11.3 Å². The molecule has 3 N–H and O–H groups in total. The Kier molecular flexibility index (Phi) is 3.99. The van der Waals surface area contributed by atoms with Gasteiger partial charge >= 0.3 is 0 Å². The van der Waals surface area contributed by atoms with Crippen LogP contribution in [0.2, 0.25) is 0 Å². The predicted molar refractivity (Wildman–Crippen MR) is 75.4 cm³/mol. The van der Waals surface area contributed by atoms with Gasteiger partial charge in [-0.25, -0.2) is 0 Å². The summed E-state index contributed by atoms with van der Waals surface area (Å²) in [6, 6.07) is 11.5. The number of nitrogens with two attached hydrogens (primary N) is 1. The van der Waals surface area contributed by atoms with Crippen LogP contribution in [0.3, 0.4) is 0 Å². The standard InChI is InChI=1S/C14H16N2OS/c1-10(13-3-2-8-18-13)16-14(17)9-11-4-6-12(15)7-5-11/h2-8,10H,9,15H2,1H3,(H,16,17). The van der Waals surface area contributed by atoms with Crippen molar-refractivity contribution >= 4 is 22.9 Å². The van der Waals surface area contributed by atoms with E-state index < -0.39 is 0 Å². The Hall–Kier alpha value is -1.81. The molecule has 0 aliphatic carbocycles. The van der Waals surface area contributed by atoms with Crippen molar-refractivity contribution in [2.24, 2.45) is 0 Å². The second kappa shape index (κ2) is 5.69. The number of anilines is 1. The number of benzene rings is 1. The minimum atomic E-state index is 0.0284. The zero-order valence-electron chi connectivity index (χ0n) is 10.2. The average Bonchev–Trinajstić information content (AvgIpc) is 2.85. The first kappa shape index (κ1) is 12.6. The molecule has 4 heteroatoms. The molecule has 1 unspecified atom stereocenters. The van der Waals surface area contributed by atoms with Crippen molar-refractivity contribution in [2.45, 2.75) is 19.4 Å². The molecule has 18 heavy (non-hydrogen) atoms. The number of amides is 1. The highest BCUT2D eigenvalue weighted by Gasteiger charge is 2.10. The Labute approximate surface area is 111 Å². The Morgan fingerprint density at radius 1 is 1.33 bits per heavy atom. The van der Waals surface area contributed by atoms with Crippen LogP contribution < -0.4 is 11.1 Å². The van der Waals surface area contributed by atoms with E-state index in [0.717, 1.165) is 5.56 Å². The molecule has 0 saturated heterocycles. The molecular weight excluding hydrogens is 244 g/mol. The maximum Gasteiger partial charge on any atom is 0.224 e. The zero-order valence-corrected chi connectivity index (χ0v) is 11.0. The van der Waals surface area contributed by atoms with Crippen molar-refractivity contribution in [1.82, 2.24) is 5.32 Å². The Morgan fingerprint density at radius 2 is 2.06 bits per heavy atom. The summed E-state index contributed by atoms with van der Waals surface area (Å²) in [4.78, 5) is 13.0. The number of rotatable bonds is 4. The van der Waals surface area contributed by atoms with Crippen LogP contribution in [0.25, 0.3) is 0 Å². The molecule has 0 bridgehead atoms. The van der Waals surface area contributed by atoms with E-state index >= 15 is 0 Å². The molecular formula is C14H16N2OS. The highest BCUT2D eigenvalue weighted by Crippen LogP contribution is 2.18. The molecule has 94 valence electrons. The molecule has 3 nitrogen and oxygen atoms in total. The Morgan fingerprint density at radius 3 is 2.67 bits per heavy atom. The van der Waals surface area contributed by atoms with Crippen molar-refractivity contribution in [3.63, 3.8) is 0 Å². The van der Waals surface area contributed by atoms with Crippen LogP contribution in [-0.2, 0) is 11.2 Å². The van der Waals surface area contributed by atoms with Crippen molar-refractivity contribution in [2.75, 3.05) is 5.73 Å². The van der Waals surface area contributed by atoms with E-state index in [-0.39, 0.29) is 11.9 Å². The summed E-state index contributed by atoms with van der Waals surface area (Å²) >= 11 is 1.65. The molecule has 0 fully saturated rings. The first-order valence-corrected chi connectivity index (χ1v) is 6.70. The molecule has 2 rings (SSSR count). The van der Waals surface area contributed by atoms with Crippen LogP contribution in [0.5, 0.6) is 0 Å². The molecule has 1 aromatic heterocycles.